The number of thiazole rings is 1. The summed E-state index contributed by atoms with van der Waals surface area (Å²) in [5.41, 5.74) is 12.6. The summed E-state index contributed by atoms with van der Waals surface area (Å²) in [6, 6.07) is 9.36. The Labute approximate surface area is 164 Å². The number of aromatic nitrogens is 2. The molecule has 3 aromatic rings. The van der Waals surface area contributed by atoms with Gasteiger partial charge < -0.3 is 16.4 Å². The molecule has 0 aliphatic heterocycles. The first-order chi connectivity index (χ1) is 12.9. The summed E-state index contributed by atoms with van der Waals surface area (Å²) < 4.78 is 0. The molecular formula is C18H16ClN5O2S. The predicted octanol–water partition coefficient (Wildman–Crippen LogP) is 3.02. The number of benzene rings is 1. The maximum absolute atomic E-state index is 12.7. The third-order valence-electron chi connectivity index (χ3n) is 3.90. The van der Waals surface area contributed by atoms with Crippen molar-refractivity contribution in [3.05, 3.63) is 64.3 Å². The Balaban J connectivity index is 2.04. The number of hydrogen-bond acceptors (Lipinski definition) is 7. The van der Waals surface area contributed by atoms with Crippen molar-refractivity contribution in [3.63, 3.8) is 0 Å². The van der Waals surface area contributed by atoms with Crippen molar-refractivity contribution in [3.8, 4) is 0 Å². The molecule has 138 valence electrons. The number of primary amides is 1. The summed E-state index contributed by atoms with van der Waals surface area (Å²) in [4.78, 5) is 34.7. The highest BCUT2D eigenvalue weighted by atomic mass is 35.5. The maximum atomic E-state index is 12.7. The van der Waals surface area contributed by atoms with Gasteiger partial charge in [-0.05, 0) is 43.3 Å². The lowest BCUT2D eigenvalue weighted by Crippen LogP contribution is -2.39. The lowest BCUT2D eigenvalue weighted by molar-refractivity contribution is -0.118. The van der Waals surface area contributed by atoms with E-state index in [2.05, 4.69) is 9.97 Å². The van der Waals surface area contributed by atoms with Crippen LogP contribution in [0.15, 0.2) is 48.8 Å². The molecule has 7 nitrogen and oxygen atoms in total. The van der Waals surface area contributed by atoms with Crippen LogP contribution < -0.4 is 16.4 Å². The number of nitrogen functional groups attached to an aromatic ring is 1. The number of halogens is 1. The molecule has 1 amide bonds. The first-order valence-electron chi connectivity index (χ1n) is 7.93. The summed E-state index contributed by atoms with van der Waals surface area (Å²) >= 11 is 7.04. The minimum Gasteiger partial charge on any atom is -0.382 e. The average Bonchev–Trinajstić information content (AvgIpc) is 3.04. The SMILES string of the molecule is CC(C(N)=O)N(c1ccc(Cl)cc1)c1nc(N)c(C(=O)c2ccncc2)s1. The molecule has 0 aliphatic carbocycles. The Bertz CT molecular complexity index is 975. The number of rotatable bonds is 6. The molecule has 1 aromatic carbocycles. The van der Waals surface area contributed by atoms with Crippen LogP contribution in [0.2, 0.25) is 5.02 Å². The normalized spacial score (nSPS) is 11.8. The van der Waals surface area contributed by atoms with Gasteiger partial charge in [-0.1, -0.05) is 22.9 Å². The summed E-state index contributed by atoms with van der Waals surface area (Å²) in [7, 11) is 0. The Kier molecular flexibility index (Phi) is 5.38. The molecule has 0 bridgehead atoms. The summed E-state index contributed by atoms with van der Waals surface area (Å²) in [6.07, 6.45) is 3.06. The van der Waals surface area contributed by atoms with Gasteiger partial charge in [0.25, 0.3) is 0 Å². The quantitative estimate of drug-likeness (QED) is 0.613. The fraction of sp³-hybridized carbons (Fsp3) is 0.111. The Morgan fingerprint density at radius 2 is 1.78 bits per heavy atom. The average molecular weight is 402 g/mol. The first kappa shape index (κ1) is 18.8. The van der Waals surface area contributed by atoms with Crippen LogP contribution in [0.25, 0.3) is 0 Å². The molecule has 27 heavy (non-hydrogen) atoms. The molecule has 1 unspecified atom stereocenters. The van der Waals surface area contributed by atoms with E-state index in [4.69, 9.17) is 23.1 Å². The largest absolute Gasteiger partial charge is 0.382 e. The molecule has 4 N–H and O–H groups in total. The zero-order chi connectivity index (χ0) is 19.6. The number of pyridine rings is 1. The molecule has 3 rings (SSSR count). The number of ketones is 1. The highest BCUT2D eigenvalue weighted by molar-refractivity contribution is 7.18. The Morgan fingerprint density at radius 1 is 1.15 bits per heavy atom. The minimum atomic E-state index is -0.708. The molecule has 1 atom stereocenters. The van der Waals surface area contributed by atoms with Crippen molar-refractivity contribution in [1.82, 2.24) is 9.97 Å². The highest BCUT2D eigenvalue weighted by Gasteiger charge is 2.27. The van der Waals surface area contributed by atoms with Crippen molar-refractivity contribution in [2.75, 3.05) is 10.6 Å². The summed E-state index contributed by atoms with van der Waals surface area (Å²) in [5.74, 6) is -0.713. The van der Waals surface area contributed by atoms with Crippen LogP contribution in [0.5, 0.6) is 0 Å². The van der Waals surface area contributed by atoms with E-state index >= 15 is 0 Å². The number of nitrogens with zero attached hydrogens (tertiary/aromatic N) is 3. The molecule has 2 aromatic heterocycles. The molecule has 0 spiro atoms. The summed E-state index contributed by atoms with van der Waals surface area (Å²) in [6.45, 7) is 1.65. The van der Waals surface area contributed by atoms with E-state index in [-0.39, 0.29) is 16.5 Å². The number of carbonyl (C=O) groups excluding carboxylic acids is 2. The lowest BCUT2D eigenvalue weighted by Gasteiger charge is -2.26. The first-order valence-corrected chi connectivity index (χ1v) is 9.13. The topological polar surface area (TPSA) is 115 Å². The van der Waals surface area contributed by atoms with Gasteiger partial charge in [0.2, 0.25) is 11.7 Å². The van der Waals surface area contributed by atoms with Crippen molar-refractivity contribution >= 4 is 51.3 Å². The van der Waals surface area contributed by atoms with Crippen molar-refractivity contribution in [1.29, 1.82) is 0 Å². The predicted molar refractivity (Wildman–Crippen MR) is 106 cm³/mol. The Hall–Kier alpha value is -2.97. The molecular weight excluding hydrogens is 386 g/mol. The van der Waals surface area contributed by atoms with E-state index in [0.717, 1.165) is 11.3 Å². The van der Waals surface area contributed by atoms with E-state index in [9.17, 15) is 9.59 Å². The van der Waals surface area contributed by atoms with Gasteiger partial charge in [0.05, 0.1) is 0 Å². The molecule has 0 saturated heterocycles. The maximum Gasteiger partial charge on any atom is 0.240 e. The molecule has 2 heterocycles. The van der Waals surface area contributed by atoms with Crippen molar-refractivity contribution in [2.45, 2.75) is 13.0 Å². The van der Waals surface area contributed by atoms with E-state index in [1.54, 1.807) is 48.2 Å². The zero-order valence-electron chi connectivity index (χ0n) is 14.3. The number of hydrogen-bond donors (Lipinski definition) is 2. The molecule has 0 saturated carbocycles. The van der Waals surface area contributed by atoms with Gasteiger partial charge in [-0.25, -0.2) is 4.98 Å². The van der Waals surface area contributed by atoms with Crippen LogP contribution in [-0.4, -0.2) is 27.7 Å². The van der Waals surface area contributed by atoms with Gasteiger partial charge in [-0.2, -0.15) is 0 Å². The van der Waals surface area contributed by atoms with Crippen LogP contribution in [0.3, 0.4) is 0 Å². The number of carbonyl (C=O) groups is 2. The van der Waals surface area contributed by atoms with Crippen LogP contribution in [0.1, 0.15) is 22.2 Å². The summed E-state index contributed by atoms with van der Waals surface area (Å²) in [5, 5.41) is 0.941. The minimum absolute atomic E-state index is 0.0902. The van der Waals surface area contributed by atoms with Crippen molar-refractivity contribution < 1.29 is 9.59 Å². The van der Waals surface area contributed by atoms with E-state index in [1.165, 1.54) is 12.4 Å². The van der Waals surface area contributed by atoms with Crippen LogP contribution in [0, 0.1) is 0 Å². The molecule has 0 aliphatic rings. The monoisotopic (exact) mass is 401 g/mol. The molecule has 0 radical (unpaired) electrons. The smallest absolute Gasteiger partial charge is 0.240 e. The number of amides is 1. The van der Waals surface area contributed by atoms with Crippen LogP contribution >= 0.6 is 22.9 Å². The lowest BCUT2D eigenvalue weighted by atomic mass is 10.1. The van der Waals surface area contributed by atoms with Gasteiger partial charge in [0.1, 0.15) is 16.7 Å². The number of nitrogens with two attached hydrogens (primary N) is 2. The second-order valence-electron chi connectivity index (χ2n) is 5.70. The second kappa shape index (κ2) is 7.73. The van der Waals surface area contributed by atoms with E-state index in [1.807, 2.05) is 0 Å². The van der Waals surface area contributed by atoms with Crippen molar-refractivity contribution in [2.24, 2.45) is 5.73 Å². The van der Waals surface area contributed by atoms with Gasteiger partial charge in [-0.3, -0.25) is 14.6 Å². The van der Waals surface area contributed by atoms with Crippen LogP contribution in [0.4, 0.5) is 16.6 Å². The number of anilines is 3. The second-order valence-corrected chi connectivity index (χ2v) is 7.11. The zero-order valence-corrected chi connectivity index (χ0v) is 15.9. The van der Waals surface area contributed by atoms with Gasteiger partial charge in [0, 0.05) is 28.7 Å². The van der Waals surface area contributed by atoms with E-state index in [0.29, 0.717) is 21.4 Å². The third kappa shape index (κ3) is 3.91. The fourth-order valence-electron chi connectivity index (χ4n) is 2.45. The van der Waals surface area contributed by atoms with Crippen LogP contribution in [-0.2, 0) is 4.79 Å². The van der Waals surface area contributed by atoms with Gasteiger partial charge >= 0.3 is 0 Å². The fourth-order valence-corrected chi connectivity index (χ4v) is 3.62. The Morgan fingerprint density at radius 3 is 2.37 bits per heavy atom. The van der Waals surface area contributed by atoms with Gasteiger partial charge in [-0.15, -0.1) is 0 Å². The highest BCUT2D eigenvalue weighted by Crippen LogP contribution is 2.36. The molecule has 9 heteroatoms. The standard InChI is InChI=1S/C18H16ClN5O2S/c1-10(17(21)26)24(13-4-2-12(19)3-5-13)18-23-16(20)15(27-18)14(25)11-6-8-22-9-7-11/h2-10H,20H2,1H3,(H2,21,26). The van der Waals surface area contributed by atoms with E-state index < -0.39 is 11.9 Å². The third-order valence-corrected chi connectivity index (χ3v) is 5.22. The van der Waals surface area contributed by atoms with Gasteiger partial charge in [0.15, 0.2) is 5.13 Å². The molecule has 0 fully saturated rings.